The van der Waals surface area contributed by atoms with E-state index < -0.39 is 28.0 Å². The average molecular weight is 478 g/mol. The number of carbonyl (C=O) groups is 4. The molecule has 1 aromatic carbocycles. The number of hydrogen-bond donors (Lipinski definition) is 1. The molecule has 1 N–H and O–H groups in total. The van der Waals surface area contributed by atoms with Crippen molar-refractivity contribution in [3.05, 3.63) is 36.4 Å². The van der Waals surface area contributed by atoms with E-state index in [-0.39, 0.29) is 47.2 Å². The minimum Gasteiger partial charge on any atom is -0.452 e. The van der Waals surface area contributed by atoms with E-state index in [0.29, 0.717) is 12.8 Å². The number of nitrogens with zero attached hydrogens (tertiary/aromatic N) is 2. The van der Waals surface area contributed by atoms with Crippen molar-refractivity contribution in [3.8, 4) is 0 Å². The number of allylic oxidation sites excluding steroid dienone is 2. The molecular formula is C22H27N3O7S. The number of carbonyl (C=O) groups excluding carboxylic acids is 4. The van der Waals surface area contributed by atoms with Crippen LogP contribution in [0.15, 0.2) is 41.3 Å². The fourth-order valence-electron chi connectivity index (χ4n) is 3.79. The smallest absolute Gasteiger partial charge is 0.308 e. The van der Waals surface area contributed by atoms with E-state index in [4.69, 9.17) is 4.74 Å². The summed E-state index contributed by atoms with van der Waals surface area (Å²) in [4.78, 5) is 50.6. The Morgan fingerprint density at radius 2 is 1.76 bits per heavy atom. The topological polar surface area (TPSA) is 130 Å². The van der Waals surface area contributed by atoms with Gasteiger partial charge in [0.05, 0.1) is 23.2 Å². The summed E-state index contributed by atoms with van der Waals surface area (Å²) < 4.78 is 30.7. The highest BCUT2D eigenvalue weighted by molar-refractivity contribution is 7.89. The summed E-state index contributed by atoms with van der Waals surface area (Å²) >= 11 is 0. The van der Waals surface area contributed by atoms with Crippen molar-refractivity contribution < 1.29 is 32.3 Å². The van der Waals surface area contributed by atoms with Gasteiger partial charge in [0.25, 0.3) is 5.91 Å². The number of rotatable bonds is 8. The summed E-state index contributed by atoms with van der Waals surface area (Å²) in [5, 5.41) is 2.52. The molecule has 1 aliphatic heterocycles. The average Bonchev–Trinajstić information content (AvgIpc) is 3.02. The standard InChI is InChI=1S/C22H27N3O7S/c1-14(20(27)23-15-7-6-8-16(13-15)33(30,31)24(2)3)32-19(26)11-12-25-21(28)17-9-4-5-10-18(17)22(25)29/h4-8,13-14,17-18H,9-12H2,1-3H3,(H,23,27)/t14-,17+,18+/m0/s1. The SMILES string of the molecule is C[C@H](OC(=O)CCN1C(=O)[C@@H]2CC=CC[C@H]2C1=O)C(=O)Nc1cccc(S(=O)(=O)N(C)C)c1. The Morgan fingerprint density at radius 3 is 2.33 bits per heavy atom. The number of ether oxygens (including phenoxy) is 1. The van der Waals surface area contributed by atoms with Crippen molar-refractivity contribution in [2.24, 2.45) is 11.8 Å². The molecule has 10 nitrogen and oxygen atoms in total. The van der Waals surface area contributed by atoms with E-state index in [9.17, 15) is 27.6 Å². The minimum absolute atomic E-state index is 0.00524. The summed E-state index contributed by atoms with van der Waals surface area (Å²) in [7, 11) is -0.876. The van der Waals surface area contributed by atoms with Gasteiger partial charge in [-0.2, -0.15) is 0 Å². The Balaban J connectivity index is 1.53. The molecule has 0 bridgehead atoms. The molecule has 3 atom stereocenters. The lowest BCUT2D eigenvalue weighted by molar-refractivity contribution is -0.154. The second-order valence-electron chi connectivity index (χ2n) is 8.17. The van der Waals surface area contributed by atoms with E-state index in [1.54, 1.807) is 0 Å². The van der Waals surface area contributed by atoms with Gasteiger partial charge in [-0.3, -0.25) is 24.1 Å². The molecule has 1 saturated heterocycles. The number of nitrogens with one attached hydrogen (secondary N) is 1. The molecule has 33 heavy (non-hydrogen) atoms. The first-order valence-corrected chi connectivity index (χ1v) is 12.0. The van der Waals surface area contributed by atoms with Gasteiger partial charge in [-0.1, -0.05) is 18.2 Å². The molecule has 1 fully saturated rings. The third-order valence-electron chi connectivity index (χ3n) is 5.70. The summed E-state index contributed by atoms with van der Waals surface area (Å²) in [6.45, 7) is 1.28. The van der Waals surface area contributed by atoms with Crippen molar-refractivity contribution in [3.63, 3.8) is 0 Å². The molecule has 0 aromatic heterocycles. The molecule has 11 heteroatoms. The quantitative estimate of drug-likeness (QED) is 0.338. The Bertz CT molecular complexity index is 1070. The predicted molar refractivity (Wildman–Crippen MR) is 118 cm³/mol. The van der Waals surface area contributed by atoms with E-state index in [2.05, 4.69) is 5.32 Å². The molecule has 0 radical (unpaired) electrons. The van der Waals surface area contributed by atoms with Crippen molar-refractivity contribution in [1.82, 2.24) is 9.21 Å². The van der Waals surface area contributed by atoms with Crippen molar-refractivity contribution in [1.29, 1.82) is 0 Å². The zero-order chi connectivity index (χ0) is 24.3. The van der Waals surface area contributed by atoms with Crippen LogP contribution in [0.5, 0.6) is 0 Å². The number of esters is 1. The van der Waals surface area contributed by atoms with E-state index in [1.165, 1.54) is 45.3 Å². The molecule has 0 saturated carbocycles. The molecule has 3 amide bonds. The fraction of sp³-hybridized carbons (Fsp3) is 0.455. The lowest BCUT2D eigenvalue weighted by Crippen LogP contribution is -2.35. The molecular weight excluding hydrogens is 450 g/mol. The van der Waals surface area contributed by atoms with Gasteiger partial charge in [0.1, 0.15) is 0 Å². The number of amides is 3. The molecule has 2 aliphatic rings. The number of hydrogen-bond acceptors (Lipinski definition) is 7. The maximum Gasteiger partial charge on any atom is 0.308 e. The van der Waals surface area contributed by atoms with Gasteiger partial charge in [-0.05, 0) is 38.0 Å². The van der Waals surface area contributed by atoms with Crippen molar-refractivity contribution >= 4 is 39.4 Å². The third-order valence-corrected chi connectivity index (χ3v) is 7.51. The van der Waals surface area contributed by atoms with Gasteiger partial charge in [-0.25, -0.2) is 12.7 Å². The number of benzene rings is 1. The van der Waals surface area contributed by atoms with Crippen LogP contribution >= 0.6 is 0 Å². The highest BCUT2D eigenvalue weighted by Crippen LogP contribution is 2.35. The number of imide groups is 1. The van der Waals surface area contributed by atoms with Gasteiger partial charge in [0.2, 0.25) is 21.8 Å². The van der Waals surface area contributed by atoms with Crippen LogP contribution in [-0.4, -0.2) is 68.1 Å². The Kier molecular flexibility index (Phi) is 7.33. The van der Waals surface area contributed by atoms with Crippen LogP contribution in [0.3, 0.4) is 0 Å². The zero-order valence-corrected chi connectivity index (χ0v) is 19.5. The van der Waals surface area contributed by atoms with Gasteiger partial charge >= 0.3 is 5.97 Å². The second kappa shape index (κ2) is 9.84. The Morgan fingerprint density at radius 1 is 1.15 bits per heavy atom. The number of anilines is 1. The van der Waals surface area contributed by atoms with Crippen LogP contribution in [0, 0.1) is 11.8 Å². The van der Waals surface area contributed by atoms with Crippen LogP contribution in [0.4, 0.5) is 5.69 Å². The number of sulfonamides is 1. The summed E-state index contributed by atoms with van der Waals surface area (Å²) in [6.07, 6.45) is 3.42. The number of fused-ring (bicyclic) bond motifs is 1. The maximum absolute atomic E-state index is 12.4. The molecule has 0 spiro atoms. The number of likely N-dealkylation sites (tertiary alicyclic amines) is 1. The summed E-state index contributed by atoms with van der Waals surface area (Å²) in [6, 6.07) is 5.71. The summed E-state index contributed by atoms with van der Waals surface area (Å²) in [5.41, 5.74) is 0.232. The summed E-state index contributed by atoms with van der Waals surface area (Å²) in [5.74, 6) is -2.66. The fourth-order valence-corrected chi connectivity index (χ4v) is 4.74. The first kappa shape index (κ1) is 24.6. The normalized spacial score (nSPS) is 21.2. The minimum atomic E-state index is -3.67. The van der Waals surface area contributed by atoms with Crippen LogP contribution in [0.25, 0.3) is 0 Å². The first-order chi connectivity index (χ1) is 15.5. The largest absolute Gasteiger partial charge is 0.452 e. The monoisotopic (exact) mass is 477 g/mol. The van der Waals surface area contributed by atoms with Crippen LogP contribution < -0.4 is 5.32 Å². The van der Waals surface area contributed by atoms with Crippen LogP contribution in [0.1, 0.15) is 26.2 Å². The predicted octanol–water partition coefficient (Wildman–Crippen LogP) is 1.15. The lowest BCUT2D eigenvalue weighted by Gasteiger charge is -2.17. The molecule has 3 rings (SSSR count). The van der Waals surface area contributed by atoms with Gasteiger partial charge in [-0.15, -0.1) is 0 Å². The molecule has 1 aliphatic carbocycles. The third kappa shape index (κ3) is 5.31. The van der Waals surface area contributed by atoms with E-state index in [0.717, 1.165) is 9.21 Å². The van der Waals surface area contributed by atoms with Crippen molar-refractivity contribution in [2.75, 3.05) is 26.0 Å². The second-order valence-corrected chi connectivity index (χ2v) is 10.3. The van der Waals surface area contributed by atoms with E-state index in [1.807, 2.05) is 12.2 Å². The Hall–Kier alpha value is -3.05. The van der Waals surface area contributed by atoms with Crippen LogP contribution in [0.2, 0.25) is 0 Å². The van der Waals surface area contributed by atoms with E-state index >= 15 is 0 Å². The maximum atomic E-state index is 12.4. The zero-order valence-electron chi connectivity index (χ0n) is 18.7. The molecule has 178 valence electrons. The highest BCUT2D eigenvalue weighted by Gasteiger charge is 2.47. The lowest BCUT2D eigenvalue weighted by atomic mass is 9.85. The molecule has 0 unspecified atom stereocenters. The van der Waals surface area contributed by atoms with Crippen molar-refractivity contribution in [2.45, 2.75) is 37.2 Å². The van der Waals surface area contributed by atoms with Gasteiger partial charge in [0.15, 0.2) is 6.10 Å². The highest BCUT2D eigenvalue weighted by atomic mass is 32.2. The van der Waals surface area contributed by atoms with Gasteiger partial charge < -0.3 is 10.1 Å². The molecule has 1 aromatic rings. The van der Waals surface area contributed by atoms with Gasteiger partial charge in [0, 0.05) is 26.3 Å². The van der Waals surface area contributed by atoms with Crippen LogP contribution in [-0.2, 0) is 33.9 Å². The molecule has 1 heterocycles. The Labute approximate surface area is 192 Å². The first-order valence-electron chi connectivity index (χ1n) is 10.6.